The molecule has 0 unspecified atom stereocenters. The molecule has 0 saturated carbocycles. The third-order valence-corrected chi connectivity index (χ3v) is 6.96. The number of hydrazone groups is 1. The fraction of sp³-hybridized carbons (Fsp3) is 0.355. The van der Waals surface area contributed by atoms with Crippen molar-refractivity contribution in [2.45, 2.75) is 46.5 Å². The number of aromatic nitrogens is 1. The highest BCUT2D eigenvalue weighted by Crippen LogP contribution is 2.35. The molecule has 2 heterocycles. The lowest BCUT2D eigenvalue weighted by atomic mass is 9.95. The second-order valence-corrected chi connectivity index (χ2v) is 9.82. The maximum atomic E-state index is 12.5. The Bertz CT molecular complexity index is 1600. The molecule has 1 aliphatic rings. The summed E-state index contributed by atoms with van der Waals surface area (Å²) in [6, 6.07) is 11.4. The minimum atomic E-state index is -1.17. The Balaban J connectivity index is 1.46. The Labute approximate surface area is 254 Å². The average molecular weight is 608 g/mol. The number of nitrogens with zero attached hydrogens (tertiary/aromatic N) is 2. The maximum absolute atomic E-state index is 12.5. The number of ether oxygens (including phenoxy) is 4. The Hall–Kier alpha value is -5.04. The minimum Gasteiger partial charge on any atom is -0.490 e. The van der Waals surface area contributed by atoms with E-state index in [4.69, 9.17) is 18.9 Å². The van der Waals surface area contributed by atoms with Gasteiger partial charge in [0.15, 0.2) is 17.7 Å². The molecule has 0 bridgehead atoms. The predicted molar refractivity (Wildman–Crippen MR) is 162 cm³/mol. The molecule has 234 valence electrons. The lowest BCUT2D eigenvalue weighted by molar-refractivity contribution is -0.143. The van der Waals surface area contributed by atoms with Crippen LogP contribution in [-0.2, 0) is 25.6 Å². The number of methoxy groups -OCH3 is 1. The van der Waals surface area contributed by atoms with Gasteiger partial charge in [-0.1, -0.05) is 24.3 Å². The highest BCUT2D eigenvalue weighted by atomic mass is 16.5. The van der Waals surface area contributed by atoms with E-state index in [-0.39, 0.29) is 24.7 Å². The number of benzene rings is 2. The molecule has 13 heteroatoms. The van der Waals surface area contributed by atoms with Crippen molar-refractivity contribution < 1.29 is 38.4 Å². The van der Waals surface area contributed by atoms with Crippen LogP contribution in [0.2, 0.25) is 0 Å². The van der Waals surface area contributed by atoms with Gasteiger partial charge < -0.3 is 39.3 Å². The molecule has 0 saturated heterocycles. The Morgan fingerprint density at radius 2 is 1.89 bits per heavy atom. The number of carbonyl (C=O) groups excluding carboxylic acids is 3. The predicted octanol–water partition coefficient (Wildman–Crippen LogP) is 3.03. The summed E-state index contributed by atoms with van der Waals surface area (Å²) in [6.07, 6.45) is 0.416. The van der Waals surface area contributed by atoms with Gasteiger partial charge in [0.25, 0.3) is 0 Å². The monoisotopic (exact) mass is 607 g/mol. The Kier molecular flexibility index (Phi) is 10.5. The lowest BCUT2D eigenvalue weighted by Crippen LogP contribution is -2.45. The average Bonchev–Trinajstić information content (AvgIpc) is 3.26. The molecule has 1 aromatic heterocycles. The van der Waals surface area contributed by atoms with E-state index in [0.717, 1.165) is 22.2 Å². The van der Waals surface area contributed by atoms with Gasteiger partial charge in [-0.05, 0) is 51.5 Å². The summed E-state index contributed by atoms with van der Waals surface area (Å²) < 4.78 is 23.5. The van der Waals surface area contributed by atoms with Gasteiger partial charge in [0.05, 0.1) is 38.2 Å². The zero-order valence-electron chi connectivity index (χ0n) is 25.3. The van der Waals surface area contributed by atoms with Crippen molar-refractivity contribution in [1.29, 1.82) is 0 Å². The van der Waals surface area contributed by atoms with Crippen molar-refractivity contribution in [3.8, 4) is 11.5 Å². The molecular formula is C31H37N5O8. The van der Waals surface area contributed by atoms with Crippen LogP contribution in [0, 0.1) is 6.92 Å². The number of carbonyl (C=O) groups is 3. The fourth-order valence-electron chi connectivity index (χ4n) is 4.97. The molecule has 2 atom stereocenters. The number of allylic oxidation sites excluding steroid dienone is 1. The van der Waals surface area contributed by atoms with Gasteiger partial charge in [-0.15, -0.1) is 0 Å². The molecule has 4 N–H and O–H groups in total. The highest BCUT2D eigenvalue weighted by Gasteiger charge is 2.32. The van der Waals surface area contributed by atoms with Gasteiger partial charge >= 0.3 is 18.0 Å². The van der Waals surface area contributed by atoms with Crippen LogP contribution in [0.3, 0.4) is 0 Å². The van der Waals surface area contributed by atoms with E-state index >= 15 is 0 Å². The number of amides is 2. The number of aliphatic hydroxyl groups is 1. The number of hydrogen-bond acceptors (Lipinski definition) is 10. The zero-order valence-corrected chi connectivity index (χ0v) is 25.3. The van der Waals surface area contributed by atoms with Crippen molar-refractivity contribution in [1.82, 2.24) is 20.6 Å². The van der Waals surface area contributed by atoms with Crippen LogP contribution in [0.5, 0.6) is 11.5 Å². The van der Waals surface area contributed by atoms with Crippen LogP contribution in [0.25, 0.3) is 10.9 Å². The van der Waals surface area contributed by atoms with E-state index in [1.807, 2.05) is 42.7 Å². The van der Waals surface area contributed by atoms with Crippen LogP contribution in [0.15, 0.2) is 58.8 Å². The van der Waals surface area contributed by atoms with E-state index < -0.39 is 24.3 Å². The number of urea groups is 1. The number of aliphatic hydroxyl groups excluding tert-OH is 1. The molecule has 1 aliphatic heterocycles. The zero-order chi connectivity index (χ0) is 31.8. The molecule has 13 nitrogen and oxygen atoms in total. The number of para-hydroxylation sites is 1. The molecule has 0 spiro atoms. The van der Waals surface area contributed by atoms with E-state index in [0.29, 0.717) is 36.0 Å². The topological polar surface area (TPSA) is 162 Å². The molecule has 2 amide bonds. The molecule has 0 radical (unpaired) electrons. The first kappa shape index (κ1) is 31.9. The van der Waals surface area contributed by atoms with Crippen molar-refractivity contribution in [3.05, 3.63) is 70.6 Å². The number of nitrogens with one attached hydrogen (secondary N) is 3. The summed E-state index contributed by atoms with van der Waals surface area (Å²) in [5, 5.41) is 21.0. The van der Waals surface area contributed by atoms with Crippen LogP contribution < -0.4 is 25.5 Å². The third-order valence-electron chi connectivity index (χ3n) is 6.96. The second-order valence-electron chi connectivity index (χ2n) is 9.82. The lowest BCUT2D eigenvalue weighted by Gasteiger charge is -2.28. The smallest absolute Gasteiger partial charge is 0.337 e. The van der Waals surface area contributed by atoms with Crippen molar-refractivity contribution >= 4 is 35.1 Å². The van der Waals surface area contributed by atoms with Crippen molar-refractivity contribution in [2.24, 2.45) is 5.10 Å². The summed E-state index contributed by atoms with van der Waals surface area (Å²) in [5.74, 6) is -0.202. The molecule has 0 aliphatic carbocycles. The Morgan fingerprint density at radius 1 is 1.11 bits per heavy atom. The van der Waals surface area contributed by atoms with Crippen molar-refractivity contribution in [3.63, 3.8) is 0 Å². The largest absolute Gasteiger partial charge is 0.490 e. The SMILES string of the molecule is CCOC(=O)Cn1c(C)c(/C=N/N[C@@H](O)COc2ccc([C@H]3NC(=O)NC(C)=C3C(=O)OC)cc2OCC)c2ccccc21. The van der Waals surface area contributed by atoms with Gasteiger partial charge in [-0.3, -0.25) is 10.2 Å². The number of esters is 2. The van der Waals surface area contributed by atoms with E-state index in [1.54, 1.807) is 38.3 Å². The molecule has 2 aromatic carbocycles. The van der Waals surface area contributed by atoms with Gasteiger partial charge in [0.2, 0.25) is 0 Å². The summed E-state index contributed by atoms with van der Waals surface area (Å²) in [4.78, 5) is 36.8. The van der Waals surface area contributed by atoms with Crippen LogP contribution >= 0.6 is 0 Å². The molecule has 3 aromatic rings. The normalized spacial score (nSPS) is 15.5. The van der Waals surface area contributed by atoms with E-state index in [9.17, 15) is 19.5 Å². The fourth-order valence-corrected chi connectivity index (χ4v) is 4.97. The van der Waals surface area contributed by atoms with Crippen molar-refractivity contribution in [2.75, 3.05) is 26.9 Å². The van der Waals surface area contributed by atoms with Gasteiger partial charge in [0, 0.05) is 27.9 Å². The number of fused-ring (bicyclic) bond motifs is 1. The molecule has 0 fully saturated rings. The van der Waals surface area contributed by atoms with E-state index in [2.05, 4.69) is 21.2 Å². The first-order chi connectivity index (χ1) is 21.2. The van der Waals surface area contributed by atoms with Gasteiger partial charge in [0.1, 0.15) is 13.2 Å². The minimum absolute atomic E-state index is 0.0722. The van der Waals surface area contributed by atoms with Gasteiger partial charge in [-0.2, -0.15) is 5.10 Å². The molecule has 44 heavy (non-hydrogen) atoms. The highest BCUT2D eigenvalue weighted by molar-refractivity contribution is 6.01. The second kappa shape index (κ2) is 14.4. The number of hydrogen-bond donors (Lipinski definition) is 4. The summed E-state index contributed by atoms with van der Waals surface area (Å²) in [5.41, 5.74) is 6.37. The number of rotatable bonds is 13. The quantitative estimate of drug-likeness (QED) is 0.0991. The summed E-state index contributed by atoms with van der Waals surface area (Å²) in [7, 11) is 1.27. The molecule has 4 rings (SSSR count). The standard InChI is InChI=1S/C31H37N5O8/c1-6-42-25-14-20(29-28(30(39)41-5)18(3)33-31(40)34-29)12-13-24(25)44-17-26(37)35-32-15-22-19(4)36(16-27(38)43-7-2)23-11-9-8-10-21(22)23/h8-15,26,29,35,37H,6-7,16-17H2,1-5H3,(H2,33,34,40)/b32-15+/t26-,29+/m0/s1. The first-order valence-corrected chi connectivity index (χ1v) is 14.1. The van der Waals surface area contributed by atoms with Crippen LogP contribution in [0.4, 0.5) is 4.79 Å². The molecular weight excluding hydrogens is 570 g/mol. The third kappa shape index (κ3) is 7.11. The van der Waals surface area contributed by atoms with Crippen LogP contribution in [0.1, 0.15) is 43.6 Å². The summed E-state index contributed by atoms with van der Waals surface area (Å²) >= 11 is 0. The summed E-state index contributed by atoms with van der Waals surface area (Å²) in [6.45, 7) is 7.61. The van der Waals surface area contributed by atoms with Gasteiger partial charge in [-0.25, -0.2) is 9.59 Å². The van der Waals surface area contributed by atoms with Crippen LogP contribution in [-0.4, -0.2) is 67.0 Å². The van der Waals surface area contributed by atoms with E-state index in [1.165, 1.54) is 7.11 Å². The first-order valence-electron chi connectivity index (χ1n) is 14.1. The maximum Gasteiger partial charge on any atom is 0.337 e. The Morgan fingerprint density at radius 3 is 2.61 bits per heavy atom.